The van der Waals surface area contributed by atoms with Crippen molar-refractivity contribution in [1.29, 1.82) is 0 Å². The Morgan fingerprint density at radius 2 is 1.90 bits per heavy atom. The van der Waals surface area contributed by atoms with E-state index < -0.39 is 17.8 Å². The predicted molar refractivity (Wildman–Crippen MR) is 69.8 cm³/mol. The molecule has 0 aliphatic heterocycles. The average Bonchev–Trinajstić information content (AvgIpc) is 3.04. The maximum atomic E-state index is 13.1. The molecule has 110 valence electrons. The molecule has 1 aromatic rings. The van der Waals surface area contributed by atoms with Gasteiger partial charge >= 0.3 is 6.18 Å². The van der Waals surface area contributed by atoms with Gasteiger partial charge in [-0.05, 0) is 49.3 Å². The average molecular weight is 285 g/mol. The summed E-state index contributed by atoms with van der Waals surface area (Å²) in [4.78, 5) is 0. The molecule has 2 atom stereocenters. The van der Waals surface area contributed by atoms with Gasteiger partial charge in [-0.25, -0.2) is 0 Å². The minimum absolute atomic E-state index is 0.102. The van der Waals surface area contributed by atoms with Crippen LogP contribution in [0.2, 0.25) is 0 Å². The minimum Gasteiger partial charge on any atom is -0.508 e. The molecule has 2 aliphatic carbocycles. The number of phenolic OH excluding ortho intramolecular Hbond substituents is 1. The van der Waals surface area contributed by atoms with Crippen LogP contribution in [0.4, 0.5) is 13.2 Å². The molecule has 0 radical (unpaired) electrons. The van der Waals surface area contributed by atoms with Gasteiger partial charge in [0, 0.05) is 11.6 Å². The number of alkyl halides is 3. The predicted octanol–water partition coefficient (Wildman–Crippen LogP) is 3.93. The van der Waals surface area contributed by atoms with Crippen LogP contribution in [0.5, 0.6) is 5.75 Å². The Morgan fingerprint density at radius 1 is 1.25 bits per heavy atom. The van der Waals surface area contributed by atoms with E-state index in [0.717, 1.165) is 11.1 Å². The summed E-state index contributed by atoms with van der Waals surface area (Å²) in [7, 11) is 0. The van der Waals surface area contributed by atoms with Gasteiger partial charge in [0.1, 0.15) is 11.3 Å². The molecule has 0 bridgehead atoms. The van der Waals surface area contributed by atoms with Gasteiger partial charge in [-0.3, -0.25) is 5.32 Å². The van der Waals surface area contributed by atoms with E-state index in [1.165, 1.54) is 0 Å². The van der Waals surface area contributed by atoms with Crippen molar-refractivity contribution in [1.82, 2.24) is 5.32 Å². The quantitative estimate of drug-likeness (QED) is 0.862. The lowest BCUT2D eigenvalue weighted by Gasteiger charge is -2.26. The molecule has 2 aliphatic rings. The zero-order valence-electron chi connectivity index (χ0n) is 11.5. The van der Waals surface area contributed by atoms with Crippen molar-refractivity contribution in [3.8, 4) is 5.75 Å². The Balaban J connectivity index is 1.95. The Labute approximate surface area is 116 Å². The van der Waals surface area contributed by atoms with Crippen molar-refractivity contribution in [2.24, 2.45) is 0 Å². The highest BCUT2D eigenvalue weighted by molar-refractivity contribution is 5.51. The lowest BCUT2D eigenvalue weighted by molar-refractivity contribution is -0.168. The summed E-state index contributed by atoms with van der Waals surface area (Å²) in [6, 6.07) is 2.99. The molecular weight excluding hydrogens is 267 g/mol. The van der Waals surface area contributed by atoms with Gasteiger partial charge in [-0.2, -0.15) is 13.2 Å². The number of phenols is 1. The zero-order valence-corrected chi connectivity index (χ0v) is 11.5. The molecule has 0 aromatic heterocycles. The standard InChI is InChI=1S/C15H18F3NO/c1-8-3-4-11(20)13-10(7-9(2)12(8)13)19-14(5-6-14)15(16,17)18/h3-4,9-10,19-20H,5-7H2,1-2H3. The van der Waals surface area contributed by atoms with Gasteiger partial charge < -0.3 is 5.11 Å². The zero-order chi connectivity index (χ0) is 14.7. The molecule has 2 unspecified atom stereocenters. The molecular formula is C15H18F3NO. The molecule has 3 rings (SSSR count). The summed E-state index contributed by atoms with van der Waals surface area (Å²) in [5, 5.41) is 12.8. The maximum absolute atomic E-state index is 13.1. The second-order valence-electron chi connectivity index (χ2n) is 6.14. The molecule has 0 saturated heterocycles. The molecule has 2 N–H and O–H groups in total. The smallest absolute Gasteiger partial charge is 0.406 e. The number of benzene rings is 1. The topological polar surface area (TPSA) is 32.3 Å². The molecule has 1 aromatic carbocycles. The molecule has 0 spiro atoms. The third kappa shape index (κ3) is 1.91. The largest absolute Gasteiger partial charge is 0.508 e. The number of halogens is 3. The Kier molecular flexibility index (Phi) is 2.84. The summed E-state index contributed by atoms with van der Waals surface area (Å²) in [6.07, 6.45) is -3.36. The molecule has 2 nitrogen and oxygen atoms in total. The van der Waals surface area contributed by atoms with E-state index in [4.69, 9.17) is 0 Å². The fourth-order valence-corrected chi connectivity index (χ4v) is 3.44. The minimum atomic E-state index is -4.22. The molecule has 1 saturated carbocycles. The first-order valence-corrected chi connectivity index (χ1v) is 6.92. The van der Waals surface area contributed by atoms with Crippen molar-refractivity contribution in [2.75, 3.05) is 0 Å². The Hall–Kier alpha value is -1.23. The van der Waals surface area contributed by atoms with Crippen LogP contribution in [0.1, 0.15) is 54.8 Å². The van der Waals surface area contributed by atoms with Crippen LogP contribution in [0.25, 0.3) is 0 Å². The normalized spacial score (nSPS) is 27.4. The molecule has 0 amide bonds. The maximum Gasteiger partial charge on any atom is 0.406 e. The van der Waals surface area contributed by atoms with Gasteiger partial charge in [0.15, 0.2) is 0 Å². The van der Waals surface area contributed by atoms with Crippen LogP contribution in [0.15, 0.2) is 12.1 Å². The number of aryl methyl sites for hydroxylation is 1. The second kappa shape index (κ2) is 4.13. The fraction of sp³-hybridized carbons (Fsp3) is 0.600. The molecule has 0 heterocycles. The lowest BCUT2D eigenvalue weighted by atomic mass is 9.97. The third-order valence-corrected chi connectivity index (χ3v) is 4.66. The van der Waals surface area contributed by atoms with Crippen LogP contribution >= 0.6 is 0 Å². The fourth-order valence-electron chi connectivity index (χ4n) is 3.44. The van der Waals surface area contributed by atoms with E-state index in [1.54, 1.807) is 6.07 Å². The highest BCUT2D eigenvalue weighted by Gasteiger charge is 2.64. The van der Waals surface area contributed by atoms with Crippen molar-refractivity contribution in [3.05, 3.63) is 28.8 Å². The number of hydrogen-bond donors (Lipinski definition) is 2. The number of rotatable bonds is 2. The number of aromatic hydroxyl groups is 1. The SMILES string of the molecule is Cc1ccc(O)c2c1C(C)CC2NC1(C(F)(F)F)CC1. The van der Waals surface area contributed by atoms with Crippen LogP contribution in [-0.2, 0) is 0 Å². The van der Waals surface area contributed by atoms with E-state index in [2.05, 4.69) is 5.32 Å². The van der Waals surface area contributed by atoms with E-state index in [9.17, 15) is 18.3 Å². The van der Waals surface area contributed by atoms with E-state index in [1.807, 2.05) is 19.9 Å². The highest BCUT2D eigenvalue weighted by atomic mass is 19.4. The van der Waals surface area contributed by atoms with E-state index >= 15 is 0 Å². The first-order valence-electron chi connectivity index (χ1n) is 6.92. The number of fused-ring (bicyclic) bond motifs is 1. The van der Waals surface area contributed by atoms with Gasteiger partial charge in [0.2, 0.25) is 0 Å². The monoisotopic (exact) mass is 285 g/mol. The summed E-state index contributed by atoms with van der Waals surface area (Å²) < 4.78 is 39.2. The molecule has 20 heavy (non-hydrogen) atoms. The lowest BCUT2D eigenvalue weighted by Crippen LogP contribution is -2.46. The van der Waals surface area contributed by atoms with Gasteiger partial charge in [0.05, 0.1) is 0 Å². The van der Waals surface area contributed by atoms with Crippen molar-refractivity contribution in [3.63, 3.8) is 0 Å². The van der Waals surface area contributed by atoms with Gasteiger partial charge in [-0.15, -0.1) is 0 Å². The van der Waals surface area contributed by atoms with E-state index in [0.29, 0.717) is 12.0 Å². The van der Waals surface area contributed by atoms with Crippen LogP contribution in [0.3, 0.4) is 0 Å². The molecule has 1 fully saturated rings. The van der Waals surface area contributed by atoms with Gasteiger partial charge in [0.25, 0.3) is 0 Å². The number of hydrogen-bond acceptors (Lipinski definition) is 2. The van der Waals surface area contributed by atoms with Crippen molar-refractivity contribution in [2.45, 2.75) is 56.8 Å². The van der Waals surface area contributed by atoms with Crippen LogP contribution in [0, 0.1) is 6.92 Å². The third-order valence-electron chi connectivity index (χ3n) is 4.66. The summed E-state index contributed by atoms with van der Waals surface area (Å²) in [5.41, 5.74) is 0.954. The van der Waals surface area contributed by atoms with Gasteiger partial charge in [-0.1, -0.05) is 13.0 Å². The summed E-state index contributed by atoms with van der Waals surface area (Å²) in [6.45, 7) is 3.94. The van der Waals surface area contributed by atoms with Crippen molar-refractivity contribution >= 4 is 0 Å². The Bertz CT molecular complexity index is 549. The number of nitrogens with one attached hydrogen (secondary N) is 1. The van der Waals surface area contributed by atoms with E-state index in [-0.39, 0.29) is 24.5 Å². The van der Waals surface area contributed by atoms with Crippen LogP contribution < -0.4 is 5.32 Å². The summed E-state index contributed by atoms with van der Waals surface area (Å²) >= 11 is 0. The molecule has 5 heteroatoms. The summed E-state index contributed by atoms with van der Waals surface area (Å²) in [5.74, 6) is 0.268. The van der Waals surface area contributed by atoms with Crippen LogP contribution in [-0.4, -0.2) is 16.8 Å². The Morgan fingerprint density at radius 3 is 2.45 bits per heavy atom. The second-order valence-corrected chi connectivity index (χ2v) is 6.14. The highest BCUT2D eigenvalue weighted by Crippen LogP contribution is 2.54. The van der Waals surface area contributed by atoms with Crippen molar-refractivity contribution < 1.29 is 18.3 Å². The first kappa shape index (κ1) is 13.7. The first-order chi connectivity index (χ1) is 9.25.